The summed E-state index contributed by atoms with van der Waals surface area (Å²) >= 11 is 0. The Morgan fingerprint density at radius 1 is 1.18 bits per heavy atom. The number of hydrogen-bond donors (Lipinski definition) is 2. The number of likely N-dealkylation sites (tertiary alicyclic amines) is 1. The highest BCUT2D eigenvalue weighted by Crippen LogP contribution is 2.20. The van der Waals surface area contributed by atoms with Crippen molar-refractivity contribution in [1.82, 2.24) is 20.4 Å². The Morgan fingerprint density at radius 2 is 1.79 bits per heavy atom. The lowest BCUT2D eigenvalue weighted by Gasteiger charge is -2.34. The number of rotatable bonds is 5. The molecule has 0 aromatic heterocycles. The first kappa shape index (κ1) is 24.2. The van der Waals surface area contributed by atoms with Crippen LogP contribution in [0, 0.1) is 5.92 Å². The van der Waals surface area contributed by atoms with E-state index in [1.54, 1.807) is 33.1 Å². The molecule has 1 aliphatic heterocycles. The number of carbonyl (C=O) groups excluding carboxylic acids is 2. The van der Waals surface area contributed by atoms with Crippen molar-refractivity contribution in [1.29, 1.82) is 0 Å². The zero-order chi connectivity index (χ0) is 19.8. The van der Waals surface area contributed by atoms with E-state index in [1.165, 1.54) is 0 Å². The molecule has 28 heavy (non-hydrogen) atoms. The van der Waals surface area contributed by atoms with Gasteiger partial charge >= 0.3 is 0 Å². The molecular formula is C20H32IN5O2. The van der Waals surface area contributed by atoms with E-state index < -0.39 is 0 Å². The number of nitrogens with zero attached hydrogens (tertiary/aromatic N) is 3. The van der Waals surface area contributed by atoms with Crippen LogP contribution in [-0.4, -0.2) is 68.9 Å². The Kier molecular flexibility index (Phi) is 10.3. The number of halogens is 1. The van der Waals surface area contributed by atoms with Gasteiger partial charge in [-0.05, 0) is 36.5 Å². The molecule has 0 bridgehead atoms. The van der Waals surface area contributed by atoms with Crippen molar-refractivity contribution in [2.24, 2.45) is 10.9 Å². The second-order valence-electron chi connectivity index (χ2n) is 7.10. The van der Waals surface area contributed by atoms with Crippen LogP contribution in [0.25, 0.3) is 0 Å². The van der Waals surface area contributed by atoms with Gasteiger partial charge in [-0.25, -0.2) is 0 Å². The summed E-state index contributed by atoms with van der Waals surface area (Å²) in [6, 6.07) is 7.64. The van der Waals surface area contributed by atoms with Crippen molar-refractivity contribution in [2.75, 3.05) is 41.3 Å². The second kappa shape index (κ2) is 11.9. The fourth-order valence-electron chi connectivity index (χ4n) is 3.25. The third kappa shape index (κ3) is 6.96. The minimum absolute atomic E-state index is 0. The average molecular weight is 501 g/mol. The van der Waals surface area contributed by atoms with Crippen molar-refractivity contribution in [3.63, 3.8) is 0 Å². The SMILES string of the molecule is CN=C(NCc1ccc(C(=O)N(C)C)cc1)N1CCC(CC(=O)NC)CC1.I. The summed E-state index contributed by atoms with van der Waals surface area (Å²) in [5.74, 6) is 1.44. The van der Waals surface area contributed by atoms with Crippen molar-refractivity contribution >= 4 is 41.8 Å². The number of piperidine rings is 1. The van der Waals surface area contributed by atoms with Gasteiger partial charge in [-0.2, -0.15) is 0 Å². The van der Waals surface area contributed by atoms with Gasteiger partial charge in [-0.15, -0.1) is 24.0 Å². The molecule has 2 rings (SSSR count). The summed E-state index contributed by atoms with van der Waals surface area (Å²) in [4.78, 5) is 31.7. The lowest BCUT2D eigenvalue weighted by molar-refractivity contribution is -0.121. The van der Waals surface area contributed by atoms with E-state index in [0.717, 1.165) is 37.5 Å². The van der Waals surface area contributed by atoms with Crippen LogP contribution < -0.4 is 10.6 Å². The molecule has 156 valence electrons. The Morgan fingerprint density at radius 3 is 2.29 bits per heavy atom. The van der Waals surface area contributed by atoms with Crippen LogP contribution in [0.4, 0.5) is 0 Å². The Balaban J connectivity index is 0.00000392. The van der Waals surface area contributed by atoms with Gasteiger partial charge in [0.2, 0.25) is 5.91 Å². The van der Waals surface area contributed by atoms with Gasteiger partial charge in [0.25, 0.3) is 5.91 Å². The Labute approximate surface area is 185 Å². The molecule has 1 aromatic rings. The largest absolute Gasteiger partial charge is 0.359 e. The second-order valence-corrected chi connectivity index (χ2v) is 7.10. The van der Waals surface area contributed by atoms with Crippen molar-refractivity contribution < 1.29 is 9.59 Å². The molecule has 2 amide bonds. The number of amides is 2. The molecular weight excluding hydrogens is 469 g/mol. The van der Waals surface area contributed by atoms with Gasteiger partial charge in [0, 0.05) is 59.8 Å². The van der Waals surface area contributed by atoms with Crippen molar-refractivity contribution in [2.45, 2.75) is 25.8 Å². The zero-order valence-electron chi connectivity index (χ0n) is 17.2. The van der Waals surface area contributed by atoms with E-state index in [9.17, 15) is 9.59 Å². The first-order valence-electron chi connectivity index (χ1n) is 9.41. The monoisotopic (exact) mass is 501 g/mol. The molecule has 1 heterocycles. The maximum atomic E-state index is 11.9. The molecule has 1 aliphatic rings. The highest BCUT2D eigenvalue weighted by atomic mass is 127. The van der Waals surface area contributed by atoms with Crippen LogP contribution in [0.1, 0.15) is 35.2 Å². The first-order chi connectivity index (χ1) is 12.9. The number of hydrogen-bond acceptors (Lipinski definition) is 3. The normalized spacial score (nSPS) is 14.9. The molecule has 0 saturated carbocycles. The van der Waals surface area contributed by atoms with Crippen molar-refractivity contribution in [3.8, 4) is 0 Å². The van der Waals surface area contributed by atoms with Crippen molar-refractivity contribution in [3.05, 3.63) is 35.4 Å². The predicted octanol–water partition coefficient (Wildman–Crippen LogP) is 1.93. The number of nitrogens with one attached hydrogen (secondary N) is 2. The third-order valence-corrected chi connectivity index (χ3v) is 4.94. The maximum Gasteiger partial charge on any atom is 0.253 e. The van der Waals surface area contributed by atoms with E-state index in [0.29, 0.717) is 24.4 Å². The fourth-order valence-corrected chi connectivity index (χ4v) is 3.25. The minimum Gasteiger partial charge on any atom is -0.359 e. The van der Waals surface area contributed by atoms with Crippen LogP contribution in [0.15, 0.2) is 29.3 Å². The molecule has 2 N–H and O–H groups in total. The predicted molar refractivity (Wildman–Crippen MR) is 123 cm³/mol. The van der Waals surface area contributed by atoms with E-state index >= 15 is 0 Å². The van der Waals surface area contributed by atoms with E-state index in [1.807, 2.05) is 24.3 Å². The standard InChI is InChI=1S/C20H31N5O2.HI/c1-21-18(26)13-15-9-11-25(12-10-15)20(22-2)23-14-16-5-7-17(8-6-16)19(27)24(3)4;/h5-8,15H,9-14H2,1-4H3,(H,21,26)(H,22,23);1H. The molecule has 0 aliphatic carbocycles. The van der Waals surface area contributed by atoms with E-state index in [4.69, 9.17) is 0 Å². The van der Waals surface area contributed by atoms with Crippen LogP contribution in [0.3, 0.4) is 0 Å². The summed E-state index contributed by atoms with van der Waals surface area (Å²) in [5, 5.41) is 6.10. The lowest BCUT2D eigenvalue weighted by atomic mass is 9.93. The van der Waals surface area contributed by atoms with E-state index in [2.05, 4.69) is 20.5 Å². The molecule has 0 atom stereocenters. The molecule has 0 spiro atoms. The minimum atomic E-state index is 0. The smallest absolute Gasteiger partial charge is 0.253 e. The molecule has 0 radical (unpaired) electrons. The topological polar surface area (TPSA) is 77.0 Å². The van der Waals surface area contributed by atoms with Crippen LogP contribution in [0.5, 0.6) is 0 Å². The summed E-state index contributed by atoms with van der Waals surface area (Å²) in [6.45, 7) is 2.45. The molecule has 7 nitrogen and oxygen atoms in total. The van der Waals surface area contributed by atoms with Gasteiger partial charge in [-0.1, -0.05) is 12.1 Å². The quantitative estimate of drug-likeness (QED) is 0.368. The Bertz CT molecular complexity index is 668. The van der Waals surface area contributed by atoms with Gasteiger partial charge < -0.3 is 20.4 Å². The lowest BCUT2D eigenvalue weighted by Crippen LogP contribution is -2.45. The summed E-state index contributed by atoms with van der Waals surface area (Å²) in [7, 11) is 6.98. The molecule has 1 aromatic carbocycles. The zero-order valence-corrected chi connectivity index (χ0v) is 19.5. The highest BCUT2D eigenvalue weighted by molar-refractivity contribution is 14.0. The summed E-state index contributed by atoms with van der Waals surface area (Å²) in [5.41, 5.74) is 1.78. The summed E-state index contributed by atoms with van der Waals surface area (Å²) in [6.07, 6.45) is 2.60. The number of carbonyl (C=O) groups is 2. The van der Waals surface area contributed by atoms with Crippen LogP contribution in [0.2, 0.25) is 0 Å². The number of guanidine groups is 1. The fraction of sp³-hybridized carbons (Fsp3) is 0.550. The van der Waals surface area contributed by atoms with Crippen LogP contribution in [-0.2, 0) is 11.3 Å². The van der Waals surface area contributed by atoms with Gasteiger partial charge in [0.05, 0.1) is 0 Å². The van der Waals surface area contributed by atoms with Gasteiger partial charge in [-0.3, -0.25) is 14.6 Å². The van der Waals surface area contributed by atoms with Gasteiger partial charge in [0.15, 0.2) is 5.96 Å². The Hall–Kier alpha value is -1.84. The molecule has 8 heteroatoms. The first-order valence-corrected chi connectivity index (χ1v) is 9.41. The number of benzene rings is 1. The highest BCUT2D eigenvalue weighted by Gasteiger charge is 2.23. The molecule has 1 saturated heterocycles. The summed E-state index contributed by atoms with van der Waals surface area (Å²) < 4.78 is 0. The van der Waals surface area contributed by atoms with Crippen LogP contribution >= 0.6 is 24.0 Å². The molecule has 1 fully saturated rings. The van der Waals surface area contributed by atoms with Gasteiger partial charge in [0.1, 0.15) is 0 Å². The third-order valence-electron chi connectivity index (χ3n) is 4.94. The van der Waals surface area contributed by atoms with E-state index in [-0.39, 0.29) is 35.8 Å². The average Bonchev–Trinajstić information content (AvgIpc) is 2.69. The number of aliphatic imine (C=N–C) groups is 1. The maximum absolute atomic E-state index is 11.9. The molecule has 0 unspecified atom stereocenters.